The molecule has 3 aliphatic carbocycles. The number of rotatable bonds is 5. The van der Waals surface area contributed by atoms with Crippen LogP contribution in [-0.2, 0) is 41.7 Å². The van der Waals surface area contributed by atoms with Crippen LogP contribution in [-0.4, -0.2) is 82.7 Å². The molecule has 58 heavy (non-hydrogen) atoms. The SMILES string of the molecule is Cc1nc2ccc(C(F)(F)F)cc2c2c1OC1(CC2)CC2C(=O)NC3(C(=O)NS(=O)(=O)C4(C)CC4)CC3C=CCCCCCC(NC(=O)OC3CCCC3)C(=O)N2C1. The first-order valence-corrected chi connectivity index (χ1v) is 21.9. The summed E-state index contributed by atoms with van der Waals surface area (Å²) in [5, 5.41) is 5.96. The zero-order valence-corrected chi connectivity index (χ0v) is 33.5. The summed E-state index contributed by atoms with van der Waals surface area (Å²) in [7, 11) is -4.05. The average Bonchev–Trinajstić information content (AvgIpc) is 3.96. The fourth-order valence-corrected chi connectivity index (χ4v) is 10.5. The van der Waals surface area contributed by atoms with Crippen LogP contribution in [0.4, 0.5) is 18.0 Å². The number of amides is 4. The van der Waals surface area contributed by atoms with E-state index < -0.39 is 79.5 Å². The van der Waals surface area contributed by atoms with Gasteiger partial charge >= 0.3 is 12.3 Å². The molecule has 2 aromatic rings. The van der Waals surface area contributed by atoms with Gasteiger partial charge in [0.25, 0.3) is 5.91 Å². The Balaban J connectivity index is 1.13. The second-order valence-corrected chi connectivity index (χ2v) is 19.6. The van der Waals surface area contributed by atoms with Crippen LogP contribution in [0.2, 0.25) is 0 Å². The topological polar surface area (TPSA) is 173 Å². The van der Waals surface area contributed by atoms with Crippen LogP contribution in [0.25, 0.3) is 10.9 Å². The first-order valence-electron chi connectivity index (χ1n) is 20.5. The van der Waals surface area contributed by atoms with Gasteiger partial charge in [-0.05, 0) is 109 Å². The Bertz CT molecular complexity index is 2170. The molecular weight excluding hydrogens is 780 g/mol. The Labute approximate surface area is 335 Å². The number of alkyl carbamates (subject to hydrolysis) is 1. The smallest absolute Gasteiger partial charge is 0.416 e. The minimum atomic E-state index is -4.58. The van der Waals surface area contributed by atoms with Crippen molar-refractivity contribution in [1.82, 2.24) is 25.2 Å². The van der Waals surface area contributed by atoms with E-state index in [1.165, 1.54) is 11.0 Å². The third-order valence-corrected chi connectivity index (χ3v) is 15.3. The van der Waals surface area contributed by atoms with Gasteiger partial charge in [-0.25, -0.2) is 18.2 Å². The highest BCUT2D eigenvalue weighted by atomic mass is 32.2. The van der Waals surface area contributed by atoms with Crippen molar-refractivity contribution in [2.24, 2.45) is 5.92 Å². The molecule has 6 aliphatic rings. The van der Waals surface area contributed by atoms with Gasteiger partial charge in [-0.3, -0.25) is 19.1 Å². The van der Waals surface area contributed by atoms with Crippen molar-refractivity contribution in [3.63, 3.8) is 0 Å². The predicted octanol–water partition coefficient (Wildman–Crippen LogP) is 5.66. The summed E-state index contributed by atoms with van der Waals surface area (Å²) < 4.78 is 81.3. The number of carbonyl (C=O) groups excluding carboxylic acids is 4. The average molecular weight is 830 g/mol. The minimum absolute atomic E-state index is 0.0438. The molecule has 4 amide bonds. The Morgan fingerprint density at radius 3 is 2.50 bits per heavy atom. The van der Waals surface area contributed by atoms with E-state index >= 15 is 0 Å². The van der Waals surface area contributed by atoms with Gasteiger partial charge in [0.2, 0.25) is 21.8 Å². The molecule has 3 aliphatic heterocycles. The molecule has 3 N–H and O–H groups in total. The van der Waals surface area contributed by atoms with Crippen molar-refractivity contribution >= 4 is 44.7 Å². The number of alkyl halides is 3. The molecule has 17 heteroatoms. The molecule has 5 unspecified atom stereocenters. The molecule has 314 valence electrons. The monoisotopic (exact) mass is 829 g/mol. The Morgan fingerprint density at radius 1 is 1.03 bits per heavy atom. The zero-order valence-electron chi connectivity index (χ0n) is 32.7. The summed E-state index contributed by atoms with van der Waals surface area (Å²) in [6.45, 7) is 3.15. The first kappa shape index (κ1) is 40.4. The summed E-state index contributed by atoms with van der Waals surface area (Å²) in [6, 6.07) is 1.11. The third-order valence-electron chi connectivity index (χ3n) is 13.2. The lowest BCUT2D eigenvalue weighted by Gasteiger charge is -2.37. The van der Waals surface area contributed by atoms with Gasteiger partial charge in [-0.2, -0.15) is 13.2 Å². The maximum atomic E-state index is 14.8. The lowest BCUT2D eigenvalue weighted by Crippen LogP contribution is -2.58. The van der Waals surface area contributed by atoms with E-state index in [4.69, 9.17) is 9.47 Å². The van der Waals surface area contributed by atoms with Crippen LogP contribution in [0.1, 0.15) is 114 Å². The van der Waals surface area contributed by atoms with Gasteiger partial charge < -0.3 is 25.0 Å². The second kappa shape index (κ2) is 14.7. The molecule has 1 spiro atoms. The van der Waals surface area contributed by atoms with E-state index in [0.717, 1.165) is 50.7 Å². The van der Waals surface area contributed by atoms with Crippen LogP contribution in [0.3, 0.4) is 0 Å². The number of aromatic nitrogens is 1. The lowest BCUT2D eigenvalue weighted by atomic mass is 9.87. The predicted molar refractivity (Wildman–Crippen MR) is 205 cm³/mol. The van der Waals surface area contributed by atoms with Crippen molar-refractivity contribution in [3.05, 3.63) is 47.2 Å². The number of nitrogens with zero attached hydrogens (tertiary/aromatic N) is 2. The van der Waals surface area contributed by atoms with Crippen molar-refractivity contribution in [3.8, 4) is 5.75 Å². The van der Waals surface area contributed by atoms with Crippen molar-refractivity contribution in [1.29, 1.82) is 0 Å². The normalized spacial score (nSPS) is 29.9. The number of nitrogens with one attached hydrogen (secondary N) is 3. The molecule has 4 fully saturated rings. The van der Waals surface area contributed by atoms with Gasteiger partial charge in [-0.1, -0.05) is 25.0 Å². The molecule has 3 saturated carbocycles. The summed E-state index contributed by atoms with van der Waals surface area (Å²) in [5.41, 5.74) is -2.24. The number of halogens is 3. The number of hydrogen-bond acceptors (Lipinski definition) is 9. The van der Waals surface area contributed by atoms with Crippen LogP contribution < -0.4 is 20.1 Å². The Kier molecular flexibility index (Phi) is 10.2. The lowest BCUT2D eigenvalue weighted by molar-refractivity contribution is -0.141. The Morgan fingerprint density at radius 2 is 1.78 bits per heavy atom. The first-order chi connectivity index (χ1) is 27.4. The molecule has 5 atom stereocenters. The summed E-state index contributed by atoms with van der Waals surface area (Å²) in [5.74, 6) is -2.29. The van der Waals surface area contributed by atoms with E-state index in [2.05, 4.69) is 20.3 Å². The molecular formula is C41H50F3N5O8S. The summed E-state index contributed by atoms with van der Waals surface area (Å²) in [6.07, 6.45) is 5.92. The number of carbonyl (C=O) groups is 4. The standard InChI is InChI=1S/C41H50F3N5O8S/c1-24-33-28(29-20-25(41(42,43)44)14-15-30(29)45-24)16-17-39(57-33)22-32-34(50)47-40(36(52)48-58(54,55)38(2)18-19-38)21-26(40)10-6-4-3-5-7-13-31(35(51)49(32)23-39)46-37(53)56-27-11-8-9-12-27/h6,10,14-15,20,26-27,31-32H,3-5,7-9,11-13,16-19,21-23H2,1-2H3,(H,46,53)(H,47,50)(H,48,52). The van der Waals surface area contributed by atoms with Crippen molar-refractivity contribution in [2.45, 2.75) is 150 Å². The van der Waals surface area contributed by atoms with E-state index in [1.54, 1.807) is 13.8 Å². The van der Waals surface area contributed by atoms with Gasteiger partial charge in [0.1, 0.15) is 35.1 Å². The van der Waals surface area contributed by atoms with Crippen molar-refractivity contribution in [2.75, 3.05) is 6.54 Å². The number of allylic oxidation sites excluding steroid dienone is 1. The number of pyridine rings is 1. The number of fused-ring (bicyclic) bond motifs is 5. The largest absolute Gasteiger partial charge is 0.483 e. The highest BCUT2D eigenvalue weighted by molar-refractivity contribution is 7.91. The van der Waals surface area contributed by atoms with E-state index in [-0.39, 0.29) is 50.5 Å². The number of sulfonamides is 1. The van der Waals surface area contributed by atoms with Crippen molar-refractivity contribution < 1.29 is 50.2 Å². The van der Waals surface area contributed by atoms with Crippen LogP contribution in [0, 0.1) is 12.8 Å². The maximum absolute atomic E-state index is 14.8. The zero-order chi connectivity index (χ0) is 41.3. The van der Waals surface area contributed by atoms with Crippen LogP contribution in [0.5, 0.6) is 5.75 Å². The van der Waals surface area contributed by atoms with Gasteiger partial charge in [0.05, 0.1) is 28.1 Å². The Hall–Kier alpha value is -4.41. The molecule has 0 radical (unpaired) electrons. The van der Waals surface area contributed by atoms with Gasteiger partial charge in [0, 0.05) is 23.3 Å². The fourth-order valence-electron chi connectivity index (χ4n) is 9.20. The number of benzene rings is 1. The van der Waals surface area contributed by atoms with Gasteiger partial charge in [0.15, 0.2) is 0 Å². The van der Waals surface area contributed by atoms with Crippen LogP contribution in [0.15, 0.2) is 30.4 Å². The van der Waals surface area contributed by atoms with Gasteiger partial charge in [-0.15, -0.1) is 0 Å². The second-order valence-electron chi connectivity index (χ2n) is 17.4. The molecule has 0 bridgehead atoms. The number of ether oxygens (including phenoxy) is 2. The quantitative estimate of drug-likeness (QED) is 0.322. The summed E-state index contributed by atoms with van der Waals surface area (Å²) >= 11 is 0. The van der Waals surface area contributed by atoms with Crippen LogP contribution >= 0.6 is 0 Å². The third kappa shape index (κ3) is 7.63. The summed E-state index contributed by atoms with van der Waals surface area (Å²) in [4.78, 5) is 62.5. The molecule has 4 heterocycles. The fraction of sp³-hybridized carbons (Fsp3) is 0.634. The van der Waals surface area contributed by atoms with E-state index in [1.807, 2.05) is 12.2 Å². The highest BCUT2D eigenvalue weighted by Crippen LogP contribution is 2.49. The van der Waals surface area contributed by atoms with E-state index in [9.17, 15) is 40.8 Å². The molecule has 8 rings (SSSR count). The maximum Gasteiger partial charge on any atom is 0.416 e. The van der Waals surface area contributed by atoms with E-state index in [0.29, 0.717) is 47.8 Å². The molecule has 1 saturated heterocycles. The minimum Gasteiger partial charge on any atom is -0.483 e. The molecule has 13 nitrogen and oxygen atoms in total. The molecule has 1 aromatic carbocycles. The number of aryl methyl sites for hydroxylation is 2. The molecule has 1 aromatic heterocycles. The highest BCUT2D eigenvalue weighted by Gasteiger charge is 2.64. The number of hydrogen-bond donors (Lipinski definition) is 3.